The van der Waals surface area contributed by atoms with Gasteiger partial charge in [0.25, 0.3) is 0 Å². The van der Waals surface area contributed by atoms with Crippen LogP contribution < -0.4 is 5.73 Å². The van der Waals surface area contributed by atoms with E-state index in [1.807, 2.05) is 37.3 Å². The van der Waals surface area contributed by atoms with Crippen LogP contribution in [-0.4, -0.2) is 0 Å². The predicted octanol–water partition coefficient (Wildman–Crippen LogP) is 4.42. The largest absolute Gasteiger partial charge is 0.459 e. The number of halogens is 1. The Morgan fingerprint density at radius 3 is 2.57 bits per heavy atom. The zero-order valence-corrected chi connectivity index (χ0v) is 13.0. The van der Waals surface area contributed by atoms with Crippen LogP contribution in [0.4, 0.5) is 0 Å². The maximum atomic E-state index is 8.85. The van der Waals surface area contributed by atoms with E-state index in [4.69, 9.17) is 15.4 Å². The van der Waals surface area contributed by atoms with E-state index >= 15 is 0 Å². The average molecular weight is 341 g/mol. The summed E-state index contributed by atoms with van der Waals surface area (Å²) in [5.74, 6) is 0.757. The molecule has 0 fully saturated rings. The Bertz CT molecular complexity index is 844. The first-order valence-electron chi connectivity index (χ1n) is 6.54. The minimum atomic E-state index is -0.344. The summed E-state index contributed by atoms with van der Waals surface area (Å²) < 4.78 is 6.91. The summed E-state index contributed by atoms with van der Waals surface area (Å²) in [6.07, 6.45) is 0. The average Bonchev–Trinajstić information content (AvgIpc) is 2.83. The summed E-state index contributed by atoms with van der Waals surface area (Å²) in [5.41, 5.74) is 9.74. The third-order valence-electron chi connectivity index (χ3n) is 3.62. The molecular weight excluding hydrogens is 328 g/mol. The number of nitrogens with zero attached hydrogens (tertiary/aromatic N) is 1. The molecule has 1 heterocycles. The van der Waals surface area contributed by atoms with Crippen LogP contribution in [0.15, 0.2) is 51.4 Å². The topological polar surface area (TPSA) is 63.0 Å². The Kier molecular flexibility index (Phi) is 3.54. The molecule has 0 saturated heterocycles. The number of furan rings is 1. The number of fused-ring (bicyclic) bond motifs is 1. The number of rotatable bonds is 2. The number of benzene rings is 2. The lowest BCUT2D eigenvalue weighted by Gasteiger charge is -2.10. The molecule has 0 spiro atoms. The number of hydrogen-bond acceptors (Lipinski definition) is 3. The van der Waals surface area contributed by atoms with Gasteiger partial charge >= 0.3 is 0 Å². The highest BCUT2D eigenvalue weighted by Crippen LogP contribution is 2.32. The van der Waals surface area contributed by atoms with Crippen molar-refractivity contribution in [2.75, 3.05) is 0 Å². The van der Waals surface area contributed by atoms with E-state index in [1.165, 1.54) is 0 Å². The first-order valence-corrected chi connectivity index (χ1v) is 7.33. The Balaban J connectivity index is 2.06. The normalized spacial score (nSPS) is 12.3. The van der Waals surface area contributed by atoms with Gasteiger partial charge in [-0.15, -0.1) is 0 Å². The van der Waals surface area contributed by atoms with Crippen LogP contribution in [0, 0.1) is 18.3 Å². The van der Waals surface area contributed by atoms with Gasteiger partial charge in [-0.25, -0.2) is 0 Å². The highest BCUT2D eigenvalue weighted by Gasteiger charge is 2.18. The zero-order chi connectivity index (χ0) is 15.0. The predicted molar refractivity (Wildman–Crippen MR) is 85.8 cm³/mol. The van der Waals surface area contributed by atoms with Crippen molar-refractivity contribution in [1.29, 1.82) is 5.26 Å². The van der Waals surface area contributed by atoms with Gasteiger partial charge in [0.15, 0.2) is 0 Å². The van der Waals surface area contributed by atoms with Crippen molar-refractivity contribution in [3.63, 3.8) is 0 Å². The Hall–Kier alpha value is -2.09. The fraction of sp³-hybridized carbons (Fsp3) is 0.118. The van der Waals surface area contributed by atoms with E-state index in [1.54, 1.807) is 12.1 Å². The standard InChI is InChI=1S/C17H13BrN2O/c1-10-14-7-6-13(18)8-15(14)21-17(10)16(20)12-4-2-11(9-19)3-5-12/h2-8,16H,20H2,1H3. The summed E-state index contributed by atoms with van der Waals surface area (Å²) in [4.78, 5) is 0. The van der Waals surface area contributed by atoms with E-state index < -0.39 is 0 Å². The van der Waals surface area contributed by atoms with E-state index in [0.29, 0.717) is 5.56 Å². The van der Waals surface area contributed by atoms with Crippen molar-refractivity contribution >= 4 is 26.9 Å². The molecule has 3 nitrogen and oxygen atoms in total. The molecule has 3 rings (SSSR count). The Morgan fingerprint density at radius 1 is 1.19 bits per heavy atom. The molecule has 0 bridgehead atoms. The molecular formula is C17H13BrN2O. The van der Waals surface area contributed by atoms with Gasteiger partial charge in [-0.1, -0.05) is 28.1 Å². The van der Waals surface area contributed by atoms with Crippen LogP contribution >= 0.6 is 15.9 Å². The van der Waals surface area contributed by atoms with Crippen molar-refractivity contribution in [2.24, 2.45) is 5.73 Å². The summed E-state index contributed by atoms with van der Waals surface area (Å²) >= 11 is 3.44. The molecule has 0 radical (unpaired) electrons. The molecule has 2 aromatic carbocycles. The second-order valence-electron chi connectivity index (χ2n) is 4.94. The van der Waals surface area contributed by atoms with Crippen LogP contribution in [0.25, 0.3) is 11.0 Å². The molecule has 1 aromatic heterocycles. The summed E-state index contributed by atoms with van der Waals surface area (Å²) in [5, 5.41) is 9.91. The molecule has 104 valence electrons. The van der Waals surface area contributed by atoms with Gasteiger partial charge < -0.3 is 10.2 Å². The fourth-order valence-electron chi connectivity index (χ4n) is 2.43. The van der Waals surface area contributed by atoms with E-state index in [9.17, 15) is 0 Å². The SMILES string of the molecule is Cc1c(C(N)c2ccc(C#N)cc2)oc2cc(Br)ccc12. The lowest BCUT2D eigenvalue weighted by atomic mass is 10.0. The van der Waals surface area contributed by atoms with E-state index in [-0.39, 0.29) is 6.04 Å². The van der Waals surface area contributed by atoms with Crippen LogP contribution in [-0.2, 0) is 0 Å². The monoisotopic (exact) mass is 340 g/mol. The van der Waals surface area contributed by atoms with E-state index in [0.717, 1.165) is 32.3 Å². The van der Waals surface area contributed by atoms with Gasteiger partial charge in [-0.05, 0) is 42.8 Å². The first kappa shape index (κ1) is 13.9. The molecule has 0 aliphatic rings. The number of aryl methyl sites for hydroxylation is 1. The lowest BCUT2D eigenvalue weighted by molar-refractivity contribution is 0.521. The molecule has 0 aliphatic heterocycles. The summed E-state index contributed by atoms with van der Waals surface area (Å²) in [6.45, 7) is 2.01. The third-order valence-corrected chi connectivity index (χ3v) is 4.11. The van der Waals surface area contributed by atoms with Gasteiger partial charge in [0.05, 0.1) is 17.7 Å². The smallest absolute Gasteiger partial charge is 0.135 e. The zero-order valence-electron chi connectivity index (χ0n) is 11.4. The maximum absolute atomic E-state index is 8.85. The third kappa shape index (κ3) is 2.46. The first-order chi connectivity index (χ1) is 10.1. The molecule has 0 aliphatic carbocycles. The quantitative estimate of drug-likeness (QED) is 0.750. The number of nitrogens with two attached hydrogens (primary N) is 1. The van der Waals surface area contributed by atoms with Crippen LogP contribution in [0.1, 0.15) is 28.5 Å². The van der Waals surface area contributed by atoms with Crippen molar-refractivity contribution in [3.05, 3.63) is 69.4 Å². The second-order valence-corrected chi connectivity index (χ2v) is 5.86. The maximum Gasteiger partial charge on any atom is 0.135 e. The summed E-state index contributed by atoms with van der Waals surface area (Å²) in [6, 6.07) is 15.0. The summed E-state index contributed by atoms with van der Waals surface area (Å²) in [7, 11) is 0. The molecule has 0 amide bonds. The van der Waals surface area contributed by atoms with Crippen LogP contribution in [0.5, 0.6) is 0 Å². The molecule has 0 saturated carbocycles. The van der Waals surface area contributed by atoms with Gasteiger partial charge in [0.2, 0.25) is 0 Å². The van der Waals surface area contributed by atoms with Gasteiger partial charge in [0.1, 0.15) is 11.3 Å². The second kappa shape index (κ2) is 5.36. The van der Waals surface area contributed by atoms with Crippen molar-refractivity contribution in [1.82, 2.24) is 0 Å². The van der Waals surface area contributed by atoms with Gasteiger partial charge in [-0.3, -0.25) is 0 Å². The Labute approximate surface area is 131 Å². The molecule has 2 N–H and O–H groups in total. The van der Waals surface area contributed by atoms with Gasteiger partial charge in [-0.2, -0.15) is 5.26 Å². The van der Waals surface area contributed by atoms with E-state index in [2.05, 4.69) is 22.0 Å². The molecule has 21 heavy (non-hydrogen) atoms. The highest BCUT2D eigenvalue weighted by molar-refractivity contribution is 9.10. The van der Waals surface area contributed by atoms with Crippen molar-refractivity contribution < 1.29 is 4.42 Å². The lowest BCUT2D eigenvalue weighted by Crippen LogP contribution is -2.11. The molecule has 3 aromatic rings. The minimum Gasteiger partial charge on any atom is -0.459 e. The number of nitriles is 1. The van der Waals surface area contributed by atoms with Crippen molar-refractivity contribution in [2.45, 2.75) is 13.0 Å². The minimum absolute atomic E-state index is 0.344. The van der Waals surface area contributed by atoms with Gasteiger partial charge in [0, 0.05) is 15.4 Å². The molecule has 1 atom stereocenters. The fourth-order valence-corrected chi connectivity index (χ4v) is 2.77. The Morgan fingerprint density at radius 2 is 1.90 bits per heavy atom. The van der Waals surface area contributed by atoms with Crippen molar-refractivity contribution in [3.8, 4) is 6.07 Å². The van der Waals surface area contributed by atoms with Crippen LogP contribution in [0.2, 0.25) is 0 Å². The number of hydrogen-bond donors (Lipinski definition) is 1. The highest BCUT2D eigenvalue weighted by atomic mass is 79.9. The van der Waals surface area contributed by atoms with Crippen LogP contribution in [0.3, 0.4) is 0 Å². The molecule has 4 heteroatoms. The molecule has 1 unspecified atom stereocenters.